The van der Waals surface area contributed by atoms with Gasteiger partial charge in [-0.15, -0.1) is 0 Å². The van der Waals surface area contributed by atoms with Crippen molar-refractivity contribution in [3.05, 3.63) is 65.7 Å². The molecule has 0 saturated carbocycles. The quantitative estimate of drug-likeness (QED) is 0.870. The molecule has 0 atom stereocenters. The predicted octanol–water partition coefficient (Wildman–Crippen LogP) is 3.21. The first-order valence-corrected chi connectivity index (χ1v) is 8.13. The van der Waals surface area contributed by atoms with Gasteiger partial charge in [0, 0.05) is 5.56 Å². The van der Waals surface area contributed by atoms with Crippen LogP contribution in [0.2, 0.25) is 0 Å². The number of carbonyl (C=O) groups excluding carboxylic acids is 2. The van der Waals surface area contributed by atoms with E-state index in [0.717, 1.165) is 11.3 Å². The van der Waals surface area contributed by atoms with E-state index in [2.05, 4.69) is 5.43 Å². The zero-order valence-electron chi connectivity index (χ0n) is 15.1. The van der Waals surface area contributed by atoms with Crippen LogP contribution < -0.4 is 10.2 Å². The number of hydrogen-bond acceptors (Lipinski definition) is 3. The molecule has 25 heavy (non-hydrogen) atoms. The summed E-state index contributed by atoms with van der Waals surface area (Å²) in [5.41, 5.74) is 3.57. The van der Waals surface area contributed by atoms with Gasteiger partial charge < -0.3 is 4.74 Å². The number of methoxy groups -OCH3 is 1. The lowest BCUT2D eigenvalue weighted by atomic mass is 10.1. The van der Waals surface area contributed by atoms with E-state index in [1.54, 1.807) is 43.5 Å². The SMILES string of the molecule is COc1ccc(CC(=O)NN(C(=O)c2ccccc2)C(C)(C)C)cc1. The van der Waals surface area contributed by atoms with Crippen LogP contribution in [-0.2, 0) is 11.2 Å². The van der Waals surface area contributed by atoms with E-state index >= 15 is 0 Å². The Morgan fingerprint density at radius 3 is 2.12 bits per heavy atom. The van der Waals surface area contributed by atoms with Gasteiger partial charge in [-0.1, -0.05) is 30.3 Å². The fourth-order valence-electron chi connectivity index (χ4n) is 2.33. The maximum atomic E-state index is 12.8. The van der Waals surface area contributed by atoms with Gasteiger partial charge >= 0.3 is 0 Å². The van der Waals surface area contributed by atoms with E-state index < -0.39 is 5.54 Å². The number of hydrazine groups is 1. The molecule has 0 aromatic heterocycles. The van der Waals surface area contributed by atoms with Crippen molar-refractivity contribution < 1.29 is 14.3 Å². The second-order valence-corrected chi connectivity index (χ2v) is 6.74. The largest absolute Gasteiger partial charge is 0.497 e. The molecule has 2 amide bonds. The second-order valence-electron chi connectivity index (χ2n) is 6.74. The lowest BCUT2D eigenvalue weighted by Gasteiger charge is -2.35. The Kier molecular flexibility index (Phi) is 5.80. The highest BCUT2D eigenvalue weighted by Crippen LogP contribution is 2.16. The Hall–Kier alpha value is -2.82. The van der Waals surface area contributed by atoms with Crippen molar-refractivity contribution in [3.8, 4) is 5.75 Å². The smallest absolute Gasteiger partial charge is 0.272 e. The molecule has 0 bridgehead atoms. The number of amides is 2. The molecule has 5 heteroatoms. The van der Waals surface area contributed by atoms with E-state index in [9.17, 15) is 9.59 Å². The van der Waals surface area contributed by atoms with Crippen LogP contribution in [0.15, 0.2) is 54.6 Å². The van der Waals surface area contributed by atoms with Crippen molar-refractivity contribution in [1.82, 2.24) is 10.4 Å². The molecule has 0 aliphatic carbocycles. The highest BCUT2D eigenvalue weighted by molar-refractivity contribution is 5.96. The molecule has 0 radical (unpaired) electrons. The molecule has 0 heterocycles. The van der Waals surface area contributed by atoms with Gasteiger partial charge in [0.1, 0.15) is 5.75 Å². The Labute approximate surface area is 148 Å². The Bertz CT molecular complexity index is 719. The van der Waals surface area contributed by atoms with Crippen LogP contribution in [0.3, 0.4) is 0 Å². The van der Waals surface area contributed by atoms with E-state index in [4.69, 9.17) is 4.74 Å². The first-order valence-electron chi connectivity index (χ1n) is 8.13. The highest BCUT2D eigenvalue weighted by Gasteiger charge is 2.29. The summed E-state index contributed by atoms with van der Waals surface area (Å²) in [7, 11) is 1.60. The Morgan fingerprint density at radius 2 is 1.60 bits per heavy atom. The second kappa shape index (κ2) is 7.83. The summed E-state index contributed by atoms with van der Waals surface area (Å²) in [6, 6.07) is 16.2. The minimum Gasteiger partial charge on any atom is -0.497 e. The molecule has 0 spiro atoms. The fourth-order valence-corrected chi connectivity index (χ4v) is 2.33. The van der Waals surface area contributed by atoms with Crippen LogP contribution in [0, 0.1) is 0 Å². The molecule has 2 aromatic rings. The third kappa shape index (κ3) is 5.08. The summed E-state index contributed by atoms with van der Waals surface area (Å²) in [6.07, 6.45) is 0.179. The number of hydrogen-bond donors (Lipinski definition) is 1. The van der Waals surface area contributed by atoms with Gasteiger partial charge in [0.25, 0.3) is 5.91 Å². The van der Waals surface area contributed by atoms with Gasteiger partial charge in [-0.25, -0.2) is 5.01 Å². The van der Waals surface area contributed by atoms with Crippen LogP contribution >= 0.6 is 0 Å². The number of carbonyl (C=O) groups is 2. The van der Waals surface area contributed by atoms with Crippen molar-refractivity contribution in [3.63, 3.8) is 0 Å². The third-order valence-electron chi connectivity index (χ3n) is 3.65. The molecule has 2 rings (SSSR count). The van der Waals surface area contributed by atoms with Gasteiger partial charge in [0.05, 0.1) is 19.1 Å². The number of benzene rings is 2. The summed E-state index contributed by atoms with van der Waals surface area (Å²) in [5.74, 6) is 0.250. The molecule has 5 nitrogen and oxygen atoms in total. The van der Waals surface area contributed by atoms with Crippen molar-refractivity contribution in [2.24, 2.45) is 0 Å². The lowest BCUT2D eigenvalue weighted by molar-refractivity contribution is -0.126. The average Bonchev–Trinajstić information content (AvgIpc) is 2.59. The van der Waals surface area contributed by atoms with Crippen molar-refractivity contribution in [1.29, 1.82) is 0 Å². The fraction of sp³-hybridized carbons (Fsp3) is 0.300. The van der Waals surface area contributed by atoms with Crippen LogP contribution in [0.25, 0.3) is 0 Å². The minimum atomic E-state index is -0.553. The monoisotopic (exact) mass is 340 g/mol. The van der Waals surface area contributed by atoms with E-state index in [1.165, 1.54) is 5.01 Å². The first kappa shape index (κ1) is 18.5. The van der Waals surface area contributed by atoms with Gasteiger partial charge in [0.2, 0.25) is 5.91 Å². The molecule has 0 unspecified atom stereocenters. The van der Waals surface area contributed by atoms with Crippen LogP contribution in [0.5, 0.6) is 5.75 Å². The molecular formula is C20H24N2O3. The van der Waals surface area contributed by atoms with E-state index in [-0.39, 0.29) is 18.2 Å². The Balaban J connectivity index is 2.11. The van der Waals surface area contributed by atoms with Crippen LogP contribution in [0.1, 0.15) is 36.7 Å². The maximum Gasteiger partial charge on any atom is 0.272 e. The summed E-state index contributed by atoms with van der Waals surface area (Å²) in [4.78, 5) is 25.2. The standard InChI is InChI=1S/C20H24N2O3/c1-20(2,3)22(19(24)16-8-6-5-7-9-16)21-18(23)14-15-10-12-17(25-4)13-11-15/h5-13H,14H2,1-4H3,(H,21,23). The molecule has 0 fully saturated rings. The number of nitrogens with one attached hydrogen (secondary N) is 1. The normalized spacial score (nSPS) is 10.9. The molecule has 0 saturated heterocycles. The van der Waals surface area contributed by atoms with Crippen LogP contribution in [-0.4, -0.2) is 29.5 Å². The number of nitrogens with zero attached hydrogens (tertiary/aromatic N) is 1. The minimum absolute atomic E-state index is 0.179. The number of ether oxygens (including phenoxy) is 1. The number of rotatable bonds is 4. The predicted molar refractivity (Wildman–Crippen MR) is 97.2 cm³/mol. The van der Waals surface area contributed by atoms with Gasteiger partial charge in [0.15, 0.2) is 0 Å². The van der Waals surface area contributed by atoms with Gasteiger partial charge in [-0.2, -0.15) is 0 Å². The van der Waals surface area contributed by atoms with Gasteiger partial charge in [-0.05, 0) is 50.6 Å². The summed E-state index contributed by atoms with van der Waals surface area (Å²) in [5, 5.41) is 1.38. The van der Waals surface area contributed by atoms with Gasteiger partial charge in [-0.3, -0.25) is 15.0 Å². The topological polar surface area (TPSA) is 58.6 Å². The molecule has 0 aliphatic heterocycles. The van der Waals surface area contributed by atoms with Crippen molar-refractivity contribution >= 4 is 11.8 Å². The summed E-state index contributed by atoms with van der Waals surface area (Å²) < 4.78 is 5.11. The molecule has 0 aliphatic rings. The zero-order valence-corrected chi connectivity index (χ0v) is 15.1. The first-order chi connectivity index (χ1) is 11.8. The third-order valence-corrected chi connectivity index (χ3v) is 3.65. The average molecular weight is 340 g/mol. The molecule has 1 N–H and O–H groups in total. The molecule has 2 aromatic carbocycles. The zero-order chi connectivity index (χ0) is 18.4. The van der Waals surface area contributed by atoms with E-state index in [1.807, 2.05) is 39.0 Å². The maximum absolute atomic E-state index is 12.8. The van der Waals surface area contributed by atoms with Crippen molar-refractivity contribution in [2.75, 3.05) is 7.11 Å². The highest BCUT2D eigenvalue weighted by atomic mass is 16.5. The van der Waals surface area contributed by atoms with Crippen LogP contribution in [0.4, 0.5) is 0 Å². The summed E-state index contributed by atoms with van der Waals surface area (Å²) in [6.45, 7) is 5.63. The lowest BCUT2D eigenvalue weighted by Crippen LogP contribution is -2.56. The Morgan fingerprint density at radius 1 is 1.00 bits per heavy atom. The molecule has 132 valence electrons. The van der Waals surface area contributed by atoms with Crippen molar-refractivity contribution in [2.45, 2.75) is 32.7 Å². The molecular weight excluding hydrogens is 316 g/mol. The summed E-state index contributed by atoms with van der Waals surface area (Å²) >= 11 is 0. The van der Waals surface area contributed by atoms with E-state index in [0.29, 0.717) is 5.56 Å².